The maximum atomic E-state index is 12.6. The second kappa shape index (κ2) is 8.50. The molecule has 146 valence electrons. The molecular formula is C24H22BrN3O. The third-order valence-electron chi connectivity index (χ3n) is 4.84. The minimum atomic E-state index is -0.416. The molecule has 3 aromatic rings. The number of hydrogen-bond acceptors (Lipinski definition) is 2. The molecule has 1 amide bonds. The van der Waals surface area contributed by atoms with Gasteiger partial charge in [0.1, 0.15) is 11.6 Å². The van der Waals surface area contributed by atoms with E-state index in [9.17, 15) is 10.1 Å². The smallest absolute Gasteiger partial charge is 0.266 e. The topological polar surface area (TPSA) is 57.8 Å². The van der Waals surface area contributed by atoms with Crippen molar-refractivity contribution < 1.29 is 4.79 Å². The number of nitriles is 1. The fraction of sp³-hybridized carbons (Fsp3) is 0.167. The quantitative estimate of drug-likeness (QED) is 0.392. The summed E-state index contributed by atoms with van der Waals surface area (Å²) in [6.07, 6.45) is 1.65. The fourth-order valence-corrected chi connectivity index (χ4v) is 3.49. The molecule has 4 nitrogen and oxygen atoms in total. The van der Waals surface area contributed by atoms with Gasteiger partial charge in [0.2, 0.25) is 0 Å². The molecule has 2 aromatic carbocycles. The number of aromatic nitrogens is 1. The van der Waals surface area contributed by atoms with Crippen LogP contribution in [0, 0.1) is 39.0 Å². The number of carbonyl (C=O) groups is 1. The van der Waals surface area contributed by atoms with Crippen molar-refractivity contribution in [2.24, 2.45) is 0 Å². The van der Waals surface area contributed by atoms with Crippen molar-refractivity contribution in [2.45, 2.75) is 27.7 Å². The molecule has 0 unspecified atom stereocenters. The van der Waals surface area contributed by atoms with E-state index in [1.54, 1.807) is 6.08 Å². The number of nitrogens with one attached hydrogen (secondary N) is 1. The molecule has 0 aliphatic heterocycles. The number of aryl methyl sites for hydroxylation is 3. The number of nitrogens with zero attached hydrogens (tertiary/aromatic N) is 2. The molecule has 0 saturated heterocycles. The molecule has 29 heavy (non-hydrogen) atoms. The van der Waals surface area contributed by atoms with Gasteiger partial charge in [0.05, 0.1) is 0 Å². The van der Waals surface area contributed by atoms with Crippen molar-refractivity contribution in [3.8, 4) is 11.8 Å². The summed E-state index contributed by atoms with van der Waals surface area (Å²) in [5, 5.41) is 12.3. The number of benzene rings is 2. The summed E-state index contributed by atoms with van der Waals surface area (Å²) in [6, 6.07) is 17.7. The Morgan fingerprint density at radius 1 is 1.07 bits per heavy atom. The number of halogens is 1. The Morgan fingerprint density at radius 3 is 2.38 bits per heavy atom. The molecule has 0 aliphatic rings. The molecular weight excluding hydrogens is 426 g/mol. The number of rotatable bonds is 4. The number of carbonyl (C=O) groups excluding carboxylic acids is 1. The minimum absolute atomic E-state index is 0.0674. The zero-order valence-electron chi connectivity index (χ0n) is 16.9. The molecule has 3 rings (SSSR count). The van der Waals surface area contributed by atoms with Crippen LogP contribution < -0.4 is 5.32 Å². The van der Waals surface area contributed by atoms with Crippen molar-refractivity contribution in [2.75, 3.05) is 5.32 Å². The van der Waals surface area contributed by atoms with Crippen molar-refractivity contribution in [1.29, 1.82) is 5.26 Å². The molecule has 1 aromatic heterocycles. The highest BCUT2D eigenvalue weighted by atomic mass is 79.9. The number of anilines is 1. The first-order valence-electron chi connectivity index (χ1n) is 9.25. The fourth-order valence-electron chi connectivity index (χ4n) is 3.24. The van der Waals surface area contributed by atoms with E-state index < -0.39 is 5.91 Å². The van der Waals surface area contributed by atoms with Crippen LogP contribution in [0.1, 0.15) is 28.1 Å². The normalized spacial score (nSPS) is 11.2. The molecule has 1 heterocycles. The lowest BCUT2D eigenvalue weighted by atomic mass is 10.1. The van der Waals surface area contributed by atoms with Crippen molar-refractivity contribution in [3.05, 3.63) is 86.7 Å². The summed E-state index contributed by atoms with van der Waals surface area (Å²) in [4.78, 5) is 12.6. The predicted molar refractivity (Wildman–Crippen MR) is 121 cm³/mol. The predicted octanol–water partition coefficient (Wildman–Crippen LogP) is 6.02. The highest BCUT2D eigenvalue weighted by Gasteiger charge is 2.14. The van der Waals surface area contributed by atoms with Gasteiger partial charge in [-0.25, -0.2) is 0 Å². The number of amides is 1. The lowest BCUT2D eigenvalue weighted by Crippen LogP contribution is -2.13. The summed E-state index contributed by atoms with van der Waals surface area (Å²) in [6.45, 7) is 8.03. The molecule has 0 atom stereocenters. The molecule has 0 aliphatic carbocycles. The van der Waals surface area contributed by atoms with Crippen LogP contribution in [0.2, 0.25) is 0 Å². The monoisotopic (exact) mass is 447 g/mol. The Kier molecular flexibility index (Phi) is 6.05. The Morgan fingerprint density at radius 2 is 1.76 bits per heavy atom. The Bertz CT molecular complexity index is 1150. The summed E-state index contributed by atoms with van der Waals surface area (Å²) in [5.74, 6) is -0.416. The van der Waals surface area contributed by atoms with Crippen LogP contribution in [-0.2, 0) is 4.79 Å². The van der Waals surface area contributed by atoms with Gasteiger partial charge in [0, 0.05) is 27.2 Å². The largest absolute Gasteiger partial charge is 0.321 e. The van der Waals surface area contributed by atoms with E-state index in [1.165, 1.54) is 0 Å². The summed E-state index contributed by atoms with van der Waals surface area (Å²) in [7, 11) is 0. The molecule has 5 heteroatoms. The maximum Gasteiger partial charge on any atom is 0.266 e. The molecule has 0 radical (unpaired) electrons. The first kappa shape index (κ1) is 20.6. The Labute approximate surface area is 179 Å². The van der Waals surface area contributed by atoms with Gasteiger partial charge >= 0.3 is 0 Å². The third-order valence-corrected chi connectivity index (χ3v) is 5.73. The van der Waals surface area contributed by atoms with Crippen molar-refractivity contribution >= 4 is 33.6 Å². The van der Waals surface area contributed by atoms with Gasteiger partial charge < -0.3 is 9.88 Å². The van der Waals surface area contributed by atoms with Crippen LogP contribution in [0.3, 0.4) is 0 Å². The molecule has 0 saturated carbocycles. The third kappa shape index (κ3) is 4.49. The molecule has 0 spiro atoms. The first-order valence-corrected chi connectivity index (χ1v) is 10.0. The van der Waals surface area contributed by atoms with E-state index in [0.29, 0.717) is 5.69 Å². The van der Waals surface area contributed by atoms with Crippen molar-refractivity contribution in [3.63, 3.8) is 0 Å². The second-order valence-electron chi connectivity index (χ2n) is 7.09. The SMILES string of the molecule is Cc1ccc(NC(=O)/C(C#N)=C/c2cc(C)n(-c3ccc(Br)c(C)c3)c2C)cc1. The first-order chi connectivity index (χ1) is 13.8. The van der Waals surface area contributed by atoms with Crippen LogP contribution in [0.5, 0.6) is 0 Å². The van der Waals surface area contributed by atoms with Gasteiger partial charge in [-0.05, 0) is 81.3 Å². The van der Waals surface area contributed by atoms with E-state index in [1.807, 2.05) is 76.2 Å². The van der Waals surface area contributed by atoms with Crippen LogP contribution in [0.25, 0.3) is 11.8 Å². The average Bonchev–Trinajstić information content (AvgIpc) is 2.97. The lowest BCUT2D eigenvalue weighted by molar-refractivity contribution is -0.112. The Hall–Kier alpha value is -3.10. The van der Waals surface area contributed by atoms with Gasteiger partial charge in [-0.3, -0.25) is 4.79 Å². The zero-order chi connectivity index (χ0) is 21.1. The van der Waals surface area contributed by atoms with Crippen LogP contribution in [0.15, 0.2) is 58.6 Å². The average molecular weight is 448 g/mol. The molecule has 0 fully saturated rings. The summed E-state index contributed by atoms with van der Waals surface area (Å²) < 4.78 is 3.18. The minimum Gasteiger partial charge on any atom is -0.321 e. The summed E-state index contributed by atoms with van der Waals surface area (Å²) >= 11 is 3.53. The lowest BCUT2D eigenvalue weighted by Gasteiger charge is -2.11. The van der Waals surface area contributed by atoms with Gasteiger partial charge in [-0.1, -0.05) is 33.6 Å². The van der Waals surface area contributed by atoms with Crippen LogP contribution in [-0.4, -0.2) is 10.5 Å². The second-order valence-corrected chi connectivity index (χ2v) is 7.94. The van der Waals surface area contributed by atoms with Gasteiger partial charge in [0.25, 0.3) is 5.91 Å². The molecule has 0 bridgehead atoms. The van der Waals surface area contributed by atoms with Crippen molar-refractivity contribution in [1.82, 2.24) is 4.57 Å². The van der Waals surface area contributed by atoms with E-state index >= 15 is 0 Å². The number of hydrogen-bond donors (Lipinski definition) is 1. The van der Waals surface area contributed by atoms with Gasteiger partial charge in [-0.15, -0.1) is 0 Å². The van der Waals surface area contributed by atoms with E-state index in [0.717, 1.165) is 38.2 Å². The van der Waals surface area contributed by atoms with Crippen LogP contribution >= 0.6 is 15.9 Å². The summed E-state index contributed by atoms with van der Waals surface area (Å²) in [5.41, 5.74) is 6.88. The molecule has 1 N–H and O–H groups in total. The van der Waals surface area contributed by atoms with Crippen LogP contribution in [0.4, 0.5) is 5.69 Å². The highest BCUT2D eigenvalue weighted by molar-refractivity contribution is 9.10. The maximum absolute atomic E-state index is 12.6. The van der Waals surface area contributed by atoms with E-state index in [4.69, 9.17) is 0 Å². The van der Waals surface area contributed by atoms with E-state index in [2.05, 4.69) is 31.9 Å². The van der Waals surface area contributed by atoms with Gasteiger partial charge in [0.15, 0.2) is 0 Å². The standard InChI is InChI=1S/C24H22BrN3O/c1-15-5-7-21(8-6-15)27-24(29)20(14-26)13-19-12-17(3)28(18(19)4)22-9-10-23(25)16(2)11-22/h5-13H,1-4H3,(H,27,29)/b20-13+. The highest BCUT2D eigenvalue weighted by Crippen LogP contribution is 2.26. The van der Waals surface area contributed by atoms with Gasteiger partial charge in [-0.2, -0.15) is 5.26 Å². The Balaban J connectivity index is 1.94. The van der Waals surface area contributed by atoms with E-state index in [-0.39, 0.29) is 5.57 Å². The zero-order valence-corrected chi connectivity index (χ0v) is 18.5.